The highest BCUT2D eigenvalue weighted by Crippen LogP contribution is 2.38. The van der Waals surface area contributed by atoms with Crippen LogP contribution in [0.1, 0.15) is 4.88 Å². The van der Waals surface area contributed by atoms with Crippen LogP contribution in [0.4, 0.5) is 20.2 Å². The van der Waals surface area contributed by atoms with Crippen LogP contribution in [-0.4, -0.2) is 26.0 Å². The maximum absolute atomic E-state index is 14.4. The maximum atomic E-state index is 14.4. The molecule has 0 unspecified atom stereocenters. The van der Waals surface area contributed by atoms with Gasteiger partial charge in [0.2, 0.25) is 0 Å². The van der Waals surface area contributed by atoms with Crippen LogP contribution in [0.2, 0.25) is 0 Å². The molecule has 158 valence electrons. The number of anilines is 2. The van der Waals surface area contributed by atoms with Crippen LogP contribution in [-0.2, 0) is 9.59 Å². The lowest BCUT2D eigenvalue weighted by atomic mass is 10.1. The summed E-state index contributed by atoms with van der Waals surface area (Å²) in [5, 5.41) is 4.71. The SMILES string of the molecule is COc1ccc(NC2=C(c3cccs3)C(=O)N(c3ccc(F)cc3F)C2=O)c(OC)c1. The van der Waals surface area contributed by atoms with Crippen LogP contribution in [0.3, 0.4) is 0 Å². The molecule has 0 radical (unpaired) electrons. The van der Waals surface area contributed by atoms with Crippen molar-refractivity contribution in [3.8, 4) is 11.5 Å². The smallest absolute Gasteiger partial charge is 0.282 e. The predicted molar refractivity (Wildman–Crippen MR) is 113 cm³/mol. The van der Waals surface area contributed by atoms with Gasteiger partial charge in [-0.15, -0.1) is 11.3 Å². The Balaban J connectivity index is 1.81. The molecule has 0 saturated carbocycles. The number of carbonyl (C=O) groups excluding carboxylic acids is 2. The third-order valence-electron chi connectivity index (χ3n) is 4.67. The molecule has 2 aromatic carbocycles. The quantitative estimate of drug-likeness (QED) is 0.572. The third-order valence-corrected chi connectivity index (χ3v) is 5.56. The van der Waals surface area contributed by atoms with E-state index in [-0.39, 0.29) is 17.0 Å². The molecule has 0 spiro atoms. The number of hydrogen-bond acceptors (Lipinski definition) is 6. The number of imide groups is 1. The minimum atomic E-state index is -1.02. The molecular weight excluding hydrogens is 426 g/mol. The normalized spacial score (nSPS) is 13.7. The number of carbonyl (C=O) groups is 2. The summed E-state index contributed by atoms with van der Waals surface area (Å²) < 4.78 is 38.3. The van der Waals surface area contributed by atoms with Gasteiger partial charge in [-0.3, -0.25) is 9.59 Å². The zero-order valence-corrected chi connectivity index (χ0v) is 17.3. The Morgan fingerprint density at radius 1 is 0.968 bits per heavy atom. The zero-order valence-electron chi connectivity index (χ0n) is 16.4. The van der Waals surface area contributed by atoms with Crippen LogP contribution in [0.25, 0.3) is 5.57 Å². The number of nitrogens with zero attached hydrogens (tertiary/aromatic N) is 1. The van der Waals surface area contributed by atoms with Gasteiger partial charge in [-0.1, -0.05) is 6.07 Å². The van der Waals surface area contributed by atoms with E-state index in [0.717, 1.165) is 12.1 Å². The molecule has 1 N–H and O–H groups in total. The summed E-state index contributed by atoms with van der Waals surface area (Å²) in [6.07, 6.45) is 0. The number of hydrogen-bond donors (Lipinski definition) is 1. The summed E-state index contributed by atoms with van der Waals surface area (Å²) in [5.41, 5.74) is 0.125. The van der Waals surface area contributed by atoms with Gasteiger partial charge < -0.3 is 14.8 Å². The largest absolute Gasteiger partial charge is 0.497 e. The second-order valence-electron chi connectivity index (χ2n) is 6.46. The first-order valence-corrected chi connectivity index (χ1v) is 9.93. The average molecular weight is 442 g/mol. The summed E-state index contributed by atoms with van der Waals surface area (Å²) in [4.78, 5) is 27.7. The van der Waals surface area contributed by atoms with Crippen LogP contribution in [0.15, 0.2) is 59.6 Å². The van der Waals surface area contributed by atoms with Gasteiger partial charge in [-0.05, 0) is 35.7 Å². The topological polar surface area (TPSA) is 67.9 Å². The molecule has 0 atom stereocenters. The fourth-order valence-corrected chi connectivity index (χ4v) is 3.98. The molecule has 3 aromatic rings. The molecule has 1 aliphatic heterocycles. The minimum Gasteiger partial charge on any atom is -0.497 e. The van der Waals surface area contributed by atoms with E-state index in [9.17, 15) is 18.4 Å². The minimum absolute atomic E-state index is 0.0420. The summed E-state index contributed by atoms with van der Waals surface area (Å²) in [6, 6.07) is 11.0. The molecule has 1 aromatic heterocycles. The summed E-state index contributed by atoms with van der Waals surface area (Å²) >= 11 is 1.26. The van der Waals surface area contributed by atoms with Gasteiger partial charge in [0.25, 0.3) is 11.8 Å². The molecule has 31 heavy (non-hydrogen) atoms. The number of rotatable bonds is 6. The van der Waals surface area contributed by atoms with Gasteiger partial charge in [0, 0.05) is 17.0 Å². The fraction of sp³-hybridized carbons (Fsp3) is 0.0909. The number of thiophene rings is 1. The van der Waals surface area contributed by atoms with Gasteiger partial charge in [-0.2, -0.15) is 0 Å². The molecule has 6 nitrogen and oxygen atoms in total. The second-order valence-corrected chi connectivity index (χ2v) is 7.41. The molecule has 0 aliphatic carbocycles. The highest BCUT2D eigenvalue weighted by Gasteiger charge is 2.42. The van der Waals surface area contributed by atoms with Crippen LogP contribution in [0, 0.1) is 11.6 Å². The number of nitrogens with one attached hydrogen (secondary N) is 1. The lowest BCUT2D eigenvalue weighted by molar-refractivity contribution is -0.120. The van der Waals surface area contributed by atoms with Crippen LogP contribution < -0.4 is 19.7 Å². The van der Waals surface area contributed by atoms with E-state index in [1.807, 2.05) is 0 Å². The molecule has 0 fully saturated rings. The lowest BCUT2D eigenvalue weighted by Crippen LogP contribution is -2.33. The monoisotopic (exact) mass is 442 g/mol. The number of methoxy groups -OCH3 is 2. The molecule has 2 amide bonds. The van der Waals surface area contributed by atoms with Crippen molar-refractivity contribution in [2.45, 2.75) is 0 Å². The van der Waals surface area contributed by atoms with Gasteiger partial charge in [0.05, 0.1) is 31.2 Å². The molecule has 4 rings (SSSR count). The first kappa shape index (κ1) is 20.5. The van der Waals surface area contributed by atoms with Crippen molar-refractivity contribution in [2.24, 2.45) is 0 Å². The predicted octanol–water partition coefficient (Wildman–Crippen LogP) is 4.44. The Bertz CT molecular complexity index is 1210. The Kier molecular flexibility index (Phi) is 5.43. The number of ether oxygens (including phenoxy) is 2. The van der Waals surface area contributed by atoms with Gasteiger partial charge >= 0.3 is 0 Å². The molecule has 9 heteroatoms. The number of amides is 2. The van der Waals surface area contributed by atoms with E-state index in [1.54, 1.807) is 35.7 Å². The van der Waals surface area contributed by atoms with E-state index < -0.39 is 23.4 Å². The highest BCUT2D eigenvalue weighted by molar-refractivity contribution is 7.11. The summed E-state index contributed by atoms with van der Waals surface area (Å²) in [5.74, 6) is -2.39. The molecule has 0 bridgehead atoms. The van der Waals surface area contributed by atoms with E-state index >= 15 is 0 Å². The van der Waals surface area contributed by atoms with Crippen molar-refractivity contribution in [2.75, 3.05) is 24.4 Å². The Morgan fingerprint density at radius 2 is 1.77 bits per heavy atom. The van der Waals surface area contributed by atoms with Crippen molar-refractivity contribution in [1.82, 2.24) is 0 Å². The van der Waals surface area contributed by atoms with Crippen LogP contribution >= 0.6 is 11.3 Å². The van der Waals surface area contributed by atoms with E-state index in [2.05, 4.69) is 5.32 Å². The number of halogens is 2. The summed E-state index contributed by atoms with van der Waals surface area (Å²) in [7, 11) is 2.96. The lowest BCUT2D eigenvalue weighted by Gasteiger charge is -2.16. The van der Waals surface area contributed by atoms with E-state index in [0.29, 0.717) is 33.0 Å². The Hall–Kier alpha value is -3.72. The zero-order chi connectivity index (χ0) is 22.1. The van der Waals surface area contributed by atoms with Gasteiger partial charge in [0.1, 0.15) is 28.8 Å². The highest BCUT2D eigenvalue weighted by atomic mass is 32.1. The summed E-state index contributed by atoms with van der Waals surface area (Å²) in [6.45, 7) is 0. The standard InChI is InChI=1S/C22H16F2N2O4S/c1-29-13-6-7-15(17(11-13)30-2)25-20-19(18-4-3-9-31-18)21(27)26(22(20)28)16-8-5-12(23)10-14(16)24/h3-11,25H,1-2H3. The first-order valence-electron chi connectivity index (χ1n) is 9.05. The molecule has 0 saturated heterocycles. The van der Waals surface area contributed by atoms with E-state index in [4.69, 9.17) is 9.47 Å². The van der Waals surface area contributed by atoms with Gasteiger partial charge in [-0.25, -0.2) is 13.7 Å². The Morgan fingerprint density at radius 3 is 2.42 bits per heavy atom. The van der Waals surface area contributed by atoms with Crippen molar-refractivity contribution in [1.29, 1.82) is 0 Å². The molecular formula is C22H16F2N2O4S. The molecule has 1 aliphatic rings. The van der Waals surface area contributed by atoms with E-state index in [1.165, 1.54) is 25.6 Å². The van der Waals surface area contributed by atoms with Crippen molar-refractivity contribution >= 4 is 40.1 Å². The Labute approximate surface area is 180 Å². The average Bonchev–Trinajstić information content (AvgIpc) is 3.36. The first-order chi connectivity index (χ1) is 14.9. The van der Waals surface area contributed by atoms with Crippen molar-refractivity contribution < 1.29 is 27.8 Å². The third kappa shape index (κ3) is 3.64. The van der Waals surface area contributed by atoms with Crippen molar-refractivity contribution in [3.63, 3.8) is 0 Å². The molecule has 2 heterocycles. The van der Waals surface area contributed by atoms with Crippen LogP contribution in [0.5, 0.6) is 11.5 Å². The fourth-order valence-electron chi connectivity index (χ4n) is 3.21. The number of benzene rings is 2. The maximum Gasteiger partial charge on any atom is 0.282 e. The van der Waals surface area contributed by atoms with Gasteiger partial charge in [0.15, 0.2) is 0 Å². The van der Waals surface area contributed by atoms with Crippen molar-refractivity contribution in [3.05, 3.63) is 76.1 Å². The second kappa shape index (κ2) is 8.19.